The van der Waals surface area contributed by atoms with Crippen LogP contribution in [0.25, 0.3) is 10.9 Å². The zero-order valence-electron chi connectivity index (χ0n) is 11.8. The van der Waals surface area contributed by atoms with E-state index in [1.165, 1.54) is 0 Å². The number of piperidine rings is 1. The monoisotopic (exact) mass is 285 g/mol. The van der Waals surface area contributed by atoms with Gasteiger partial charge >= 0.3 is 0 Å². The quantitative estimate of drug-likeness (QED) is 0.836. The number of carbonyl (C=O) groups is 2. The summed E-state index contributed by atoms with van der Waals surface area (Å²) >= 11 is 0. The minimum absolute atomic E-state index is 0.0811. The van der Waals surface area contributed by atoms with Crippen LogP contribution in [0.2, 0.25) is 0 Å². The Balaban J connectivity index is 1.73. The van der Waals surface area contributed by atoms with Gasteiger partial charge in [-0.15, -0.1) is 0 Å². The van der Waals surface area contributed by atoms with E-state index in [2.05, 4.69) is 4.98 Å². The second-order valence-corrected chi connectivity index (χ2v) is 5.65. The van der Waals surface area contributed by atoms with E-state index in [0.717, 1.165) is 30.3 Å². The first-order valence-corrected chi connectivity index (χ1v) is 7.26. The van der Waals surface area contributed by atoms with Crippen molar-refractivity contribution in [1.29, 1.82) is 0 Å². The van der Waals surface area contributed by atoms with Crippen LogP contribution < -0.4 is 5.73 Å². The summed E-state index contributed by atoms with van der Waals surface area (Å²) in [4.78, 5) is 28.9. The lowest BCUT2D eigenvalue weighted by Crippen LogP contribution is -2.43. The van der Waals surface area contributed by atoms with E-state index in [0.29, 0.717) is 18.7 Å². The number of rotatable bonds is 4. The Bertz CT molecular complexity index is 677. The third-order valence-corrected chi connectivity index (χ3v) is 4.16. The molecule has 1 aliphatic rings. The maximum atomic E-state index is 12.5. The number of primary amides is 1. The summed E-state index contributed by atoms with van der Waals surface area (Å²) < 4.78 is 0. The van der Waals surface area contributed by atoms with E-state index in [9.17, 15) is 9.59 Å². The van der Waals surface area contributed by atoms with E-state index >= 15 is 0 Å². The number of nitrogens with one attached hydrogen (secondary N) is 1. The van der Waals surface area contributed by atoms with Gasteiger partial charge in [-0.3, -0.25) is 14.5 Å². The Hall–Kier alpha value is -2.14. The second-order valence-electron chi connectivity index (χ2n) is 5.65. The van der Waals surface area contributed by atoms with Gasteiger partial charge in [0.05, 0.1) is 12.5 Å². The molecule has 110 valence electrons. The first-order chi connectivity index (χ1) is 10.1. The predicted octanol–water partition coefficient (Wildman–Crippen LogP) is 1.55. The molecule has 2 aromatic rings. The summed E-state index contributed by atoms with van der Waals surface area (Å²) in [6.07, 6.45) is 3.50. The van der Waals surface area contributed by atoms with Gasteiger partial charge in [0, 0.05) is 29.2 Å². The molecular formula is C16H19N3O2. The van der Waals surface area contributed by atoms with Crippen LogP contribution in [0, 0.1) is 5.92 Å². The average molecular weight is 285 g/mol. The second kappa shape index (κ2) is 5.69. The normalized spacial score (nSPS) is 19.7. The van der Waals surface area contributed by atoms with Crippen LogP contribution in [0.4, 0.5) is 0 Å². The minimum Gasteiger partial charge on any atom is -0.369 e. The first-order valence-electron chi connectivity index (χ1n) is 7.26. The van der Waals surface area contributed by atoms with Crippen molar-refractivity contribution >= 4 is 22.6 Å². The molecule has 1 saturated heterocycles. The molecule has 0 spiro atoms. The summed E-state index contributed by atoms with van der Waals surface area (Å²) in [6, 6.07) is 7.77. The molecule has 1 aliphatic heterocycles. The van der Waals surface area contributed by atoms with Gasteiger partial charge in [0.1, 0.15) is 0 Å². The van der Waals surface area contributed by atoms with Gasteiger partial charge in [-0.05, 0) is 25.5 Å². The van der Waals surface area contributed by atoms with Crippen molar-refractivity contribution in [2.45, 2.75) is 12.8 Å². The van der Waals surface area contributed by atoms with Crippen LogP contribution in [-0.4, -0.2) is 41.2 Å². The molecule has 0 radical (unpaired) electrons. The van der Waals surface area contributed by atoms with Gasteiger partial charge in [0.2, 0.25) is 5.91 Å². The van der Waals surface area contributed by atoms with E-state index in [4.69, 9.17) is 5.73 Å². The fourth-order valence-electron chi connectivity index (χ4n) is 3.02. The number of Topliss-reactive ketones (excluding diaryl/α,β-unsaturated/α-hetero) is 1. The molecule has 1 atom stereocenters. The number of H-pyrrole nitrogens is 1. The number of hydrogen-bond acceptors (Lipinski definition) is 3. The number of nitrogens with zero attached hydrogens (tertiary/aromatic N) is 1. The Kier molecular flexibility index (Phi) is 3.75. The highest BCUT2D eigenvalue weighted by Crippen LogP contribution is 2.20. The molecule has 5 nitrogen and oxygen atoms in total. The van der Waals surface area contributed by atoms with Gasteiger partial charge in [-0.25, -0.2) is 0 Å². The zero-order valence-corrected chi connectivity index (χ0v) is 11.8. The Labute approximate surface area is 123 Å². The topological polar surface area (TPSA) is 79.2 Å². The van der Waals surface area contributed by atoms with Crippen molar-refractivity contribution in [3.8, 4) is 0 Å². The zero-order chi connectivity index (χ0) is 14.8. The van der Waals surface area contributed by atoms with Crippen LogP contribution in [-0.2, 0) is 4.79 Å². The largest absolute Gasteiger partial charge is 0.369 e. The predicted molar refractivity (Wildman–Crippen MR) is 81.0 cm³/mol. The van der Waals surface area contributed by atoms with Gasteiger partial charge in [-0.2, -0.15) is 0 Å². The van der Waals surface area contributed by atoms with Gasteiger partial charge in [0.15, 0.2) is 5.78 Å². The fraction of sp³-hybridized carbons (Fsp3) is 0.375. The first kappa shape index (κ1) is 13.8. The van der Waals surface area contributed by atoms with Crippen LogP contribution in [0.5, 0.6) is 0 Å². The number of benzene rings is 1. The highest BCUT2D eigenvalue weighted by atomic mass is 16.1. The van der Waals surface area contributed by atoms with Crippen LogP contribution in [0.3, 0.4) is 0 Å². The average Bonchev–Trinajstić information content (AvgIpc) is 2.91. The van der Waals surface area contributed by atoms with Gasteiger partial charge in [0.25, 0.3) is 0 Å². The molecule has 1 unspecified atom stereocenters. The number of amides is 1. The van der Waals surface area contributed by atoms with Crippen molar-refractivity contribution in [2.75, 3.05) is 19.6 Å². The number of fused-ring (bicyclic) bond motifs is 1. The van der Waals surface area contributed by atoms with Crippen molar-refractivity contribution in [1.82, 2.24) is 9.88 Å². The third kappa shape index (κ3) is 2.83. The lowest BCUT2D eigenvalue weighted by molar-refractivity contribution is -0.123. The van der Waals surface area contributed by atoms with Crippen molar-refractivity contribution in [2.24, 2.45) is 11.7 Å². The maximum absolute atomic E-state index is 12.5. The summed E-state index contributed by atoms with van der Waals surface area (Å²) in [5.74, 6) is -0.314. The number of ketones is 1. The summed E-state index contributed by atoms with van der Waals surface area (Å²) in [5, 5.41) is 0.950. The maximum Gasteiger partial charge on any atom is 0.221 e. The molecular weight excluding hydrogens is 266 g/mol. The highest BCUT2D eigenvalue weighted by Gasteiger charge is 2.25. The Morgan fingerprint density at radius 3 is 2.95 bits per heavy atom. The Morgan fingerprint density at radius 2 is 2.14 bits per heavy atom. The molecule has 3 rings (SSSR count). The minimum atomic E-state index is -0.265. The summed E-state index contributed by atoms with van der Waals surface area (Å²) in [6.45, 7) is 1.77. The van der Waals surface area contributed by atoms with Gasteiger partial charge in [-0.1, -0.05) is 18.2 Å². The highest BCUT2D eigenvalue weighted by molar-refractivity contribution is 6.08. The molecule has 1 aromatic carbocycles. The molecule has 3 N–H and O–H groups in total. The molecule has 1 fully saturated rings. The van der Waals surface area contributed by atoms with Gasteiger partial charge < -0.3 is 10.7 Å². The van der Waals surface area contributed by atoms with E-state index in [-0.39, 0.29) is 17.6 Å². The van der Waals surface area contributed by atoms with E-state index in [1.54, 1.807) is 6.20 Å². The lowest BCUT2D eigenvalue weighted by atomic mass is 9.97. The summed E-state index contributed by atoms with van der Waals surface area (Å²) in [7, 11) is 0. The number of para-hydroxylation sites is 1. The number of carbonyl (C=O) groups excluding carboxylic acids is 2. The standard InChI is InChI=1S/C16H19N3O2/c17-16(21)11-4-3-7-19(9-11)10-15(20)13-8-18-14-6-2-1-5-12(13)14/h1-2,5-6,8,11,18H,3-4,7,9-10H2,(H2,17,21). The van der Waals surface area contributed by atoms with Crippen LogP contribution in [0.1, 0.15) is 23.2 Å². The molecule has 0 bridgehead atoms. The lowest BCUT2D eigenvalue weighted by Gasteiger charge is -2.30. The summed E-state index contributed by atoms with van der Waals surface area (Å²) in [5.41, 5.74) is 7.06. The number of likely N-dealkylation sites (tertiary alicyclic amines) is 1. The molecule has 21 heavy (non-hydrogen) atoms. The molecule has 0 aliphatic carbocycles. The number of nitrogens with two attached hydrogens (primary N) is 1. The Morgan fingerprint density at radius 1 is 1.33 bits per heavy atom. The smallest absolute Gasteiger partial charge is 0.221 e. The third-order valence-electron chi connectivity index (χ3n) is 4.16. The molecule has 0 saturated carbocycles. The van der Waals surface area contributed by atoms with Crippen molar-refractivity contribution in [3.05, 3.63) is 36.0 Å². The van der Waals surface area contributed by atoms with Crippen molar-refractivity contribution in [3.63, 3.8) is 0 Å². The van der Waals surface area contributed by atoms with E-state index in [1.807, 2.05) is 29.2 Å². The number of hydrogen-bond donors (Lipinski definition) is 2. The van der Waals surface area contributed by atoms with Crippen LogP contribution in [0.15, 0.2) is 30.5 Å². The molecule has 2 heterocycles. The fourth-order valence-corrected chi connectivity index (χ4v) is 3.02. The number of aromatic nitrogens is 1. The van der Waals surface area contributed by atoms with Crippen LogP contribution >= 0.6 is 0 Å². The molecule has 5 heteroatoms. The molecule has 1 aromatic heterocycles. The SMILES string of the molecule is NC(=O)C1CCCN(CC(=O)c2c[nH]c3ccccc23)C1. The molecule has 1 amide bonds. The van der Waals surface area contributed by atoms with Crippen molar-refractivity contribution < 1.29 is 9.59 Å². The van der Waals surface area contributed by atoms with E-state index < -0.39 is 0 Å². The number of aromatic amines is 1.